The maximum absolute atomic E-state index is 12.2. The molecule has 0 amide bonds. The van der Waals surface area contributed by atoms with Crippen LogP contribution >= 0.6 is 0 Å². The summed E-state index contributed by atoms with van der Waals surface area (Å²) in [4.78, 5) is 19.1. The van der Waals surface area contributed by atoms with E-state index >= 15 is 0 Å². The molecule has 0 spiro atoms. The van der Waals surface area contributed by atoms with E-state index in [4.69, 9.17) is 4.74 Å². The molecule has 0 unspecified atom stereocenters. The van der Waals surface area contributed by atoms with E-state index in [1.807, 2.05) is 49.4 Å². The van der Waals surface area contributed by atoms with Gasteiger partial charge in [-0.2, -0.15) is 10.4 Å². The van der Waals surface area contributed by atoms with Gasteiger partial charge in [-0.15, -0.1) is 0 Å². The molecule has 0 aliphatic rings. The van der Waals surface area contributed by atoms with E-state index in [0.29, 0.717) is 17.0 Å². The van der Waals surface area contributed by atoms with Crippen LogP contribution in [0.1, 0.15) is 16.7 Å². The Morgan fingerprint density at radius 3 is 2.70 bits per heavy atom. The van der Waals surface area contributed by atoms with Crippen LogP contribution in [0.25, 0.3) is 11.3 Å². The summed E-state index contributed by atoms with van der Waals surface area (Å²) >= 11 is 0. The van der Waals surface area contributed by atoms with E-state index in [9.17, 15) is 10.1 Å². The number of hydrogen-bond acceptors (Lipinski definition) is 6. The third kappa shape index (κ3) is 3.85. The number of anilines is 1. The Labute approximate surface area is 156 Å². The quantitative estimate of drug-likeness (QED) is 0.538. The second-order valence-corrected chi connectivity index (χ2v) is 5.68. The Balaban J connectivity index is 1.93. The summed E-state index contributed by atoms with van der Waals surface area (Å²) < 4.78 is 5.38. The van der Waals surface area contributed by atoms with Crippen LogP contribution in [0, 0.1) is 18.3 Å². The van der Waals surface area contributed by atoms with Gasteiger partial charge in [-0.1, -0.05) is 42.5 Å². The molecule has 0 atom stereocenters. The van der Waals surface area contributed by atoms with Crippen LogP contribution in [-0.2, 0) is 0 Å². The Kier molecular flexibility index (Phi) is 5.28. The third-order valence-corrected chi connectivity index (χ3v) is 3.90. The van der Waals surface area contributed by atoms with E-state index in [1.54, 1.807) is 25.5 Å². The molecule has 0 fully saturated rings. The van der Waals surface area contributed by atoms with Crippen LogP contribution in [-0.4, -0.2) is 23.3 Å². The van der Waals surface area contributed by atoms with Crippen LogP contribution < -0.4 is 15.7 Å². The van der Waals surface area contributed by atoms with Crippen LogP contribution in [0.5, 0.6) is 5.75 Å². The van der Waals surface area contributed by atoms with Crippen molar-refractivity contribution in [1.29, 1.82) is 5.26 Å². The van der Waals surface area contributed by atoms with Gasteiger partial charge >= 0.3 is 0 Å². The van der Waals surface area contributed by atoms with Crippen molar-refractivity contribution in [3.05, 3.63) is 75.6 Å². The first-order valence-corrected chi connectivity index (χ1v) is 8.16. The Morgan fingerprint density at radius 1 is 1.22 bits per heavy atom. The number of hydrogen-bond donors (Lipinski definition) is 2. The van der Waals surface area contributed by atoms with Crippen molar-refractivity contribution in [3.63, 3.8) is 0 Å². The average molecular weight is 359 g/mol. The fourth-order valence-electron chi connectivity index (χ4n) is 2.65. The van der Waals surface area contributed by atoms with Crippen LogP contribution in [0.15, 0.2) is 58.4 Å². The lowest BCUT2D eigenvalue weighted by Crippen LogP contribution is -2.16. The van der Waals surface area contributed by atoms with Gasteiger partial charge in [-0.05, 0) is 18.6 Å². The van der Waals surface area contributed by atoms with Crippen LogP contribution in [0.3, 0.4) is 0 Å². The highest BCUT2D eigenvalue weighted by molar-refractivity contribution is 5.84. The minimum atomic E-state index is -0.530. The van der Waals surface area contributed by atoms with Gasteiger partial charge in [0.1, 0.15) is 17.4 Å². The second-order valence-electron chi connectivity index (χ2n) is 5.68. The van der Waals surface area contributed by atoms with Crippen molar-refractivity contribution in [1.82, 2.24) is 9.97 Å². The number of para-hydroxylation sites is 1. The zero-order valence-electron chi connectivity index (χ0n) is 14.9. The van der Waals surface area contributed by atoms with Gasteiger partial charge in [0.25, 0.3) is 5.56 Å². The molecular weight excluding hydrogens is 342 g/mol. The fourth-order valence-corrected chi connectivity index (χ4v) is 2.65. The predicted molar refractivity (Wildman–Crippen MR) is 104 cm³/mol. The summed E-state index contributed by atoms with van der Waals surface area (Å²) in [5.41, 5.74) is 4.87. The highest BCUT2D eigenvalue weighted by Gasteiger charge is 2.12. The number of aromatic amines is 1. The summed E-state index contributed by atoms with van der Waals surface area (Å²) in [6.45, 7) is 1.94. The number of nitrogens with zero attached hydrogens (tertiary/aromatic N) is 3. The molecule has 0 radical (unpaired) electrons. The molecule has 0 aliphatic heterocycles. The molecule has 0 saturated heterocycles. The van der Waals surface area contributed by atoms with E-state index in [2.05, 4.69) is 20.5 Å². The number of ether oxygens (including phenoxy) is 1. The van der Waals surface area contributed by atoms with Gasteiger partial charge in [-0.25, -0.2) is 10.4 Å². The van der Waals surface area contributed by atoms with Crippen molar-refractivity contribution < 1.29 is 4.74 Å². The standard InChI is InChI=1S/C20H17N5O2/c1-13-7-6-10-15(18(13)27-2)12-22-25-20-23-17(14-8-4-3-5-9-14)16(11-21)19(26)24-20/h3-10,12H,1-2H3,(H2,23,24,25,26). The zero-order chi connectivity index (χ0) is 19.2. The monoisotopic (exact) mass is 359 g/mol. The molecule has 1 heterocycles. The molecular formula is C20H17N5O2. The highest BCUT2D eigenvalue weighted by atomic mass is 16.5. The zero-order valence-corrected chi connectivity index (χ0v) is 14.9. The number of rotatable bonds is 5. The van der Waals surface area contributed by atoms with Gasteiger partial charge in [0, 0.05) is 11.1 Å². The van der Waals surface area contributed by atoms with Crippen LogP contribution in [0.2, 0.25) is 0 Å². The number of nitriles is 1. The third-order valence-electron chi connectivity index (χ3n) is 3.90. The van der Waals surface area contributed by atoms with Crippen molar-refractivity contribution in [3.8, 4) is 23.1 Å². The second kappa shape index (κ2) is 7.97. The summed E-state index contributed by atoms with van der Waals surface area (Å²) in [5, 5.41) is 13.4. The van der Waals surface area contributed by atoms with Gasteiger partial charge in [-0.3, -0.25) is 9.78 Å². The molecule has 2 N–H and O–H groups in total. The van der Waals surface area contributed by atoms with E-state index < -0.39 is 5.56 Å². The summed E-state index contributed by atoms with van der Waals surface area (Å²) in [6, 6.07) is 16.7. The van der Waals surface area contributed by atoms with Gasteiger partial charge in [0.2, 0.25) is 5.95 Å². The largest absolute Gasteiger partial charge is 0.496 e. The molecule has 1 aromatic heterocycles. The lowest BCUT2D eigenvalue weighted by Gasteiger charge is -2.08. The van der Waals surface area contributed by atoms with Crippen molar-refractivity contribution in [2.75, 3.05) is 12.5 Å². The molecule has 2 aromatic carbocycles. The Bertz CT molecular complexity index is 1080. The lowest BCUT2D eigenvalue weighted by atomic mass is 10.1. The smallest absolute Gasteiger partial charge is 0.270 e. The first-order valence-electron chi connectivity index (χ1n) is 8.16. The van der Waals surface area contributed by atoms with Gasteiger partial charge in [0.15, 0.2) is 0 Å². The number of H-pyrrole nitrogens is 1. The molecule has 3 aromatic rings. The molecule has 27 heavy (non-hydrogen) atoms. The van der Waals surface area contributed by atoms with Crippen LogP contribution in [0.4, 0.5) is 5.95 Å². The first-order chi connectivity index (χ1) is 13.1. The van der Waals surface area contributed by atoms with Gasteiger partial charge < -0.3 is 4.74 Å². The minimum absolute atomic E-state index is 0.0453. The highest BCUT2D eigenvalue weighted by Crippen LogP contribution is 2.21. The number of nitrogens with one attached hydrogen (secondary N) is 2. The molecule has 0 bridgehead atoms. The first kappa shape index (κ1) is 17.9. The SMILES string of the molecule is COc1c(C)cccc1C=NNc1nc(-c2ccccc2)c(C#N)c(=O)[nH]1. The molecule has 0 saturated carbocycles. The molecule has 7 nitrogen and oxygen atoms in total. The lowest BCUT2D eigenvalue weighted by molar-refractivity contribution is 0.411. The summed E-state index contributed by atoms with van der Waals surface area (Å²) in [7, 11) is 1.60. The normalized spacial score (nSPS) is 10.6. The maximum Gasteiger partial charge on any atom is 0.270 e. The molecule has 3 rings (SSSR count). The minimum Gasteiger partial charge on any atom is -0.496 e. The fraction of sp³-hybridized carbons (Fsp3) is 0.100. The van der Waals surface area contributed by atoms with Crippen molar-refractivity contribution in [2.24, 2.45) is 5.10 Å². The average Bonchev–Trinajstić information content (AvgIpc) is 2.68. The maximum atomic E-state index is 12.2. The number of methoxy groups -OCH3 is 1. The van der Waals surface area contributed by atoms with E-state index in [-0.39, 0.29) is 11.5 Å². The number of benzene rings is 2. The van der Waals surface area contributed by atoms with Crippen molar-refractivity contribution in [2.45, 2.75) is 6.92 Å². The number of aromatic nitrogens is 2. The number of hydrazone groups is 1. The molecule has 7 heteroatoms. The predicted octanol–water partition coefficient (Wildman–Crippen LogP) is 3.07. The van der Waals surface area contributed by atoms with Gasteiger partial charge in [0.05, 0.1) is 19.0 Å². The number of aryl methyl sites for hydroxylation is 1. The Hall–Kier alpha value is -3.92. The Morgan fingerprint density at radius 2 is 2.00 bits per heavy atom. The molecule has 134 valence electrons. The summed E-state index contributed by atoms with van der Waals surface area (Å²) in [5.74, 6) is 0.857. The van der Waals surface area contributed by atoms with E-state index in [1.165, 1.54) is 0 Å². The molecule has 0 aliphatic carbocycles. The topological polar surface area (TPSA) is 103 Å². The van der Waals surface area contributed by atoms with Crippen molar-refractivity contribution >= 4 is 12.2 Å². The summed E-state index contributed by atoms with van der Waals surface area (Å²) in [6.07, 6.45) is 1.58. The van der Waals surface area contributed by atoms with E-state index in [0.717, 1.165) is 11.1 Å².